The van der Waals surface area contributed by atoms with Crippen LogP contribution in [-0.4, -0.2) is 36.0 Å². The van der Waals surface area contributed by atoms with Crippen molar-refractivity contribution >= 4 is 27.5 Å². The number of carbonyl (C=O) groups is 1. The van der Waals surface area contributed by atoms with Crippen molar-refractivity contribution in [3.8, 4) is 10.6 Å². The highest BCUT2D eigenvalue weighted by atomic mass is 32.2. The fourth-order valence-electron chi connectivity index (χ4n) is 3.15. The summed E-state index contributed by atoms with van der Waals surface area (Å²) in [6.07, 6.45) is -1.83. The van der Waals surface area contributed by atoms with Crippen molar-refractivity contribution in [3.63, 3.8) is 0 Å². The van der Waals surface area contributed by atoms with Gasteiger partial charge in [0, 0.05) is 18.0 Å². The van der Waals surface area contributed by atoms with E-state index in [0.717, 1.165) is 4.88 Å². The second-order valence-electron chi connectivity index (χ2n) is 6.67. The SMILES string of the molecule is Cc1cc(-c2ccc(S(=O)(=O)N[C@H]3[C@H](C)[C@@H]3c3ccccc3)s2)no1.O=C(O)O. The Balaban J connectivity index is 0.000000552. The van der Waals surface area contributed by atoms with Gasteiger partial charge in [0.2, 0.25) is 10.0 Å². The van der Waals surface area contributed by atoms with Gasteiger partial charge in [-0.3, -0.25) is 0 Å². The molecule has 0 unspecified atom stereocenters. The zero-order chi connectivity index (χ0) is 21.2. The number of aryl methyl sites for hydroxylation is 1. The number of hydrogen-bond donors (Lipinski definition) is 3. The maximum atomic E-state index is 12.7. The predicted molar refractivity (Wildman–Crippen MR) is 108 cm³/mol. The molecule has 1 aromatic carbocycles. The minimum Gasteiger partial charge on any atom is -0.450 e. The van der Waals surface area contributed by atoms with E-state index < -0.39 is 16.2 Å². The number of aromatic nitrogens is 1. The molecule has 1 saturated carbocycles. The molecule has 29 heavy (non-hydrogen) atoms. The molecule has 2 heterocycles. The van der Waals surface area contributed by atoms with Crippen LogP contribution in [0.4, 0.5) is 4.79 Å². The van der Waals surface area contributed by atoms with E-state index >= 15 is 0 Å². The first-order valence-electron chi connectivity index (χ1n) is 8.71. The van der Waals surface area contributed by atoms with Crippen LogP contribution in [0.3, 0.4) is 0 Å². The fraction of sp³-hybridized carbons (Fsp3) is 0.263. The summed E-state index contributed by atoms with van der Waals surface area (Å²) in [5, 5.41) is 17.9. The minimum atomic E-state index is -3.54. The average Bonchev–Trinajstić information content (AvgIpc) is 3.05. The third-order valence-electron chi connectivity index (χ3n) is 4.58. The van der Waals surface area contributed by atoms with Gasteiger partial charge in [0.1, 0.15) is 15.7 Å². The maximum Gasteiger partial charge on any atom is 0.503 e. The lowest BCUT2D eigenvalue weighted by atomic mass is 10.1. The molecule has 1 aliphatic carbocycles. The van der Waals surface area contributed by atoms with E-state index in [-0.39, 0.29) is 17.9 Å². The summed E-state index contributed by atoms with van der Waals surface area (Å²) in [5.41, 5.74) is 1.83. The van der Waals surface area contributed by atoms with Crippen molar-refractivity contribution in [2.24, 2.45) is 5.92 Å². The van der Waals surface area contributed by atoms with Gasteiger partial charge in [-0.25, -0.2) is 17.9 Å². The van der Waals surface area contributed by atoms with E-state index in [0.29, 0.717) is 15.7 Å². The molecule has 0 aliphatic heterocycles. The molecule has 3 atom stereocenters. The van der Waals surface area contributed by atoms with Gasteiger partial charge in [0.05, 0.1) is 4.88 Å². The van der Waals surface area contributed by atoms with Crippen LogP contribution in [0, 0.1) is 12.8 Å². The Morgan fingerprint density at radius 1 is 1.17 bits per heavy atom. The lowest BCUT2D eigenvalue weighted by Crippen LogP contribution is -2.27. The Bertz CT molecular complexity index is 1090. The third-order valence-corrected chi connectivity index (χ3v) is 7.64. The van der Waals surface area contributed by atoms with Crippen molar-refractivity contribution in [2.45, 2.75) is 30.0 Å². The van der Waals surface area contributed by atoms with Crippen LogP contribution in [0.1, 0.15) is 24.2 Å². The van der Waals surface area contributed by atoms with Crippen LogP contribution in [0.5, 0.6) is 0 Å². The van der Waals surface area contributed by atoms with Crippen LogP contribution in [0.15, 0.2) is 57.3 Å². The van der Waals surface area contributed by atoms with E-state index in [1.54, 1.807) is 18.2 Å². The quantitative estimate of drug-likeness (QED) is 0.551. The summed E-state index contributed by atoms with van der Waals surface area (Å²) < 4.78 is 33.6. The van der Waals surface area contributed by atoms with E-state index in [4.69, 9.17) is 19.5 Å². The standard InChI is InChI=1S/C18H18N2O3S2.CH2O3/c1-11-10-14(19-23-11)15-8-9-16(24-15)25(21,22)20-18-12(2)17(18)13-6-4-3-5-7-13;2-1(3)4/h3-10,12,17-18,20H,1-2H3;(H2,2,3,4)/t12-,17-,18+;/m1./s1. The number of rotatable bonds is 5. The molecule has 0 saturated heterocycles. The van der Waals surface area contributed by atoms with Gasteiger partial charge in [-0.05, 0) is 30.5 Å². The molecule has 2 aromatic heterocycles. The second-order valence-corrected chi connectivity index (χ2v) is 9.69. The zero-order valence-electron chi connectivity index (χ0n) is 15.6. The van der Waals surface area contributed by atoms with Crippen LogP contribution < -0.4 is 4.72 Å². The summed E-state index contributed by atoms with van der Waals surface area (Å²) in [5.74, 6) is 1.21. The molecule has 4 rings (SSSR count). The summed E-state index contributed by atoms with van der Waals surface area (Å²) in [4.78, 5) is 9.33. The maximum absolute atomic E-state index is 12.7. The largest absolute Gasteiger partial charge is 0.503 e. The summed E-state index contributed by atoms with van der Waals surface area (Å²) in [6.45, 7) is 3.88. The highest BCUT2D eigenvalue weighted by molar-refractivity contribution is 7.91. The van der Waals surface area contributed by atoms with E-state index in [1.165, 1.54) is 16.9 Å². The molecule has 3 N–H and O–H groups in total. The average molecular weight is 437 g/mol. The highest BCUT2D eigenvalue weighted by Gasteiger charge is 2.49. The lowest BCUT2D eigenvalue weighted by Gasteiger charge is -2.04. The molecule has 3 aromatic rings. The molecular formula is C19H20N2O6S2. The first-order valence-corrected chi connectivity index (χ1v) is 11.0. The first kappa shape index (κ1) is 21.0. The Morgan fingerprint density at radius 2 is 1.83 bits per heavy atom. The number of thiophene rings is 1. The lowest BCUT2D eigenvalue weighted by molar-refractivity contribution is 0.137. The van der Waals surface area contributed by atoms with Crippen molar-refractivity contribution < 1.29 is 27.9 Å². The summed E-state index contributed by atoms with van der Waals surface area (Å²) in [7, 11) is -3.54. The molecule has 10 heteroatoms. The van der Waals surface area contributed by atoms with Crippen molar-refractivity contribution in [3.05, 3.63) is 59.9 Å². The topological polar surface area (TPSA) is 130 Å². The van der Waals surface area contributed by atoms with Crippen molar-refractivity contribution in [1.29, 1.82) is 0 Å². The Morgan fingerprint density at radius 3 is 2.41 bits per heavy atom. The molecule has 1 fully saturated rings. The van der Waals surface area contributed by atoms with Gasteiger partial charge in [0.25, 0.3) is 0 Å². The minimum absolute atomic E-state index is 0.0627. The van der Waals surface area contributed by atoms with Crippen molar-refractivity contribution in [2.75, 3.05) is 0 Å². The molecular weight excluding hydrogens is 416 g/mol. The Hall–Kier alpha value is -2.69. The van der Waals surface area contributed by atoms with Gasteiger partial charge in [-0.15, -0.1) is 11.3 Å². The highest BCUT2D eigenvalue weighted by Crippen LogP contribution is 2.48. The number of carboxylic acid groups (broad SMARTS) is 2. The van der Waals surface area contributed by atoms with Crippen LogP contribution in [-0.2, 0) is 10.0 Å². The number of sulfonamides is 1. The van der Waals surface area contributed by atoms with E-state index in [1.807, 2.05) is 37.3 Å². The molecule has 1 aliphatic rings. The van der Waals surface area contributed by atoms with Gasteiger partial charge in [-0.2, -0.15) is 0 Å². The first-order chi connectivity index (χ1) is 13.7. The van der Waals surface area contributed by atoms with E-state index in [9.17, 15) is 8.42 Å². The number of nitrogens with zero attached hydrogens (tertiary/aromatic N) is 1. The molecule has 0 radical (unpaired) electrons. The Labute approximate surface area is 171 Å². The number of hydrogen-bond acceptors (Lipinski definition) is 6. The fourth-order valence-corrected chi connectivity index (χ4v) is 5.78. The smallest absolute Gasteiger partial charge is 0.450 e. The van der Waals surface area contributed by atoms with Crippen LogP contribution >= 0.6 is 11.3 Å². The number of nitrogens with one attached hydrogen (secondary N) is 1. The molecule has 0 spiro atoms. The molecule has 0 bridgehead atoms. The molecule has 8 nitrogen and oxygen atoms in total. The molecule has 154 valence electrons. The second kappa shape index (κ2) is 8.36. The predicted octanol–water partition coefficient (Wildman–Crippen LogP) is 4.01. The van der Waals surface area contributed by atoms with Gasteiger partial charge < -0.3 is 14.7 Å². The molecule has 0 amide bonds. The summed E-state index contributed by atoms with van der Waals surface area (Å²) >= 11 is 1.20. The Kier molecular flexibility index (Phi) is 6.06. The zero-order valence-corrected chi connectivity index (χ0v) is 17.3. The van der Waals surface area contributed by atoms with E-state index in [2.05, 4.69) is 16.8 Å². The third kappa shape index (κ3) is 5.03. The monoisotopic (exact) mass is 436 g/mol. The van der Waals surface area contributed by atoms with Gasteiger partial charge in [0.15, 0.2) is 0 Å². The van der Waals surface area contributed by atoms with Gasteiger partial charge in [-0.1, -0.05) is 42.4 Å². The summed E-state index contributed by atoms with van der Waals surface area (Å²) in [6, 6.07) is 15.1. The number of benzene rings is 1. The van der Waals surface area contributed by atoms with Crippen molar-refractivity contribution in [1.82, 2.24) is 9.88 Å². The van der Waals surface area contributed by atoms with Crippen LogP contribution in [0.25, 0.3) is 10.6 Å². The normalized spacial score (nSPS) is 20.6. The van der Waals surface area contributed by atoms with Crippen LogP contribution in [0.2, 0.25) is 0 Å². The van der Waals surface area contributed by atoms with Gasteiger partial charge >= 0.3 is 6.16 Å².